The van der Waals surface area contributed by atoms with Crippen LogP contribution in [0.5, 0.6) is 0 Å². The van der Waals surface area contributed by atoms with E-state index in [1.165, 1.54) is 24.4 Å². The Bertz CT molecular complexity index is 930. The molecule has 0 spiro atoms. The second-order valence-corrected chi connectivity index (χ2v) is 6.63. The predicted molar refractivity (Wildman–Crippen MR) is 104 cm³/mol. The summed E-state index contributed by atoms with van der Waals surface area (Å²) in [6.45, 7) is 0. The summed E-state index contributed by atoms with van der Waals surface area (Å²) in [4.78, 5) is 36.1. The molecule has 0 bridgehead atoms. The van der Waals surface area contributed by atoms with E-state index in [2.05, 4.69) is 19.9 Å². The first-order valence-corrected chi connectivity index (χ1v) is 9.25. The average Bonchev–Trinajstić information content (AvgIpc) is 3.22. The van der Waals surface area contributed by atoms with Gasteiger partial charge in [0, 0.05) is 18.9 Å². The summed E-state index contributed by atoms with van der Waals surface area (Å²) in [7, 11) is 3.11. The van der Waals surface area contributed by atoms with E-state index in [0.717, 1.165) is 44.3 Å². The SMILES string of the molecule is COC(=O)CC(CC(=O)OC)n1cc(NC(=O)C(OC)(c2ccccc2)C(F)(F)F)cn1. The number of halogens is 3. The first-order valence-electron chi connectivity index (χ1n) is 9.25. The standard InChI is InChI=1S/C20H22F3N3O6/c1-30-16(27)9-15(10-17(28)31-2)26-12-14(11-24-26)25-18(29)19(32-3,20(21,22)23)13-7-5-4-6-8-13/h4-8,11-12,15H,9-10H2,1-3H3,(H,25,29). The third-order valence-corrected chi connectivity index (χ3v) is 4.70. The zero-order valence-corrected chi connectivity index (χ0v) is 17.5. The number of nitrogens with zero attached hydrogens (tertiary/aromatic N) is 2. The van der Waals surface area contributed by atoms with Crippen LogP contribution >= 0.6 is 0 Å². The number of hydrogen-bond acceptors (Lipinski definition) is 7. The number of esters is 2. The third kappa shape index (κ3) is 5.25. The van der Waals surface area contributed by atoms with Gasteiger partial charge in [0.15, 0.2) is 0 Å². The highest BCUT2D eigenvalue weighted by molar-refractivity contribution is 5.98. The molecule has 0 radical (unpaired) electrons. The maximum absolute atomic E-state index is 14.0. The zero-order valence-electron chi connectivity index (χ0n) is 17.5. The smallest absolute Gasteiger partial charge is 0.430 e. The fourth-order valence-electron chi connectivity index (χ4n) is 3.05. The molecule has 2 aromatic rings. The number of amides is 1. The highest BCUT2D eigenvalue weighted by atomic mass is 19.4. The number of nitrogens with one attached hydrogen (secondary N) is 1. The van der Waals surface area contributed by atoms with Crippen LogP contribution in [0.25, 0.3) is 0 Å². The molecule has 0 fully saturated rings. The largest absolute Gasteiger partial charge is 0.469 e. The second-order valence-electron chi connectivity index (χ2n) is 6.63. The Hall–Kier alpha value is -3.41. The molecule has 2 rings (SSSR count). The predicted octanol–water partition coefficient (Wildman–Crippen LogP) is 2.59. The van der Waals surface area contributed by atoms with Gasteiger partial charge in [0.1, 0.15) is 0 Å². The Kier molecular flexibility index (Phi) is 7.97. The summed E-state index contributed by atoms with van der Waals surface area (Å²) in [5.74, 6) is -2.77. The Morgan fingerprint density at radius 1 is 1.03 bits per heavy atom. The summed E-state index contributed by atoms with van der Waals surface area (Å²) in [6, 6.07) is 5.62. The van der Waals surface area contributed by atoms with Crippen LogP contribution in [0, 0.1) is 0 Å². The van der Waals surface area contributed by atoms with Crippen molar-refractivity contribution in [2.75, 3.05) is 26.6 Å². The quantitative estimate of drug-likeness (QED) is 0.577. The molecular formula is C20H22F3N3O6. The summed E-state index contributed by atoms with van der Waals surface area (Å²) in [5, 5.41) is 6.10. The first kappa shape index (κ1) is 24.9. The van der Waals surface area contributed by atoms with Gasteiger partial charge < -0.3 is 19.5 Å². The summed E-state index contributed by atoms with van der Waals surface area (Å²) >= 11 is 0. The number of anilines is 1. The number of carbonyl (C=O) groups is 3. The van der Waals surface area contributed by atoms with Gasteiger partial charge in [0.25, 0.3) is 11.5 Å². The van der Waals surface area contributed by atoms with E-state index >= 15 is 0 Å². The van der Waals surface area contributed by atoms with Crippen LogP contribution < -0.4 is 5.32 Å². The number of aromatic nitrogens is 2. The van der Waals surface area contributed by atoms with Crippen molar-refractivity contribution >= 4 is 23.5 Å². The number of carbonyl (C=O) groups excluding carboxylic acids is 3. The highest BCUT2D eigenvalue weighted by Gasteiger charge is 2.62. The molecule has 0 aliphatic heterocycles. The van der Waals surface area contributed by atoms with E-state index in [1.807, 2.05) is 0 Å². The van der Waals surface area contributed by atoms with E-state index in [1.54, 1.807) is 0 Å². The summed E-state index contributed by atoms with van der Waals surface area (Å²) < 4.78 is 57.1. The lowest BCUT2D eigenvalue weighted by molar-refractivity contribution is -0.263. The normalized spacial score (nSPS) is 13.3. The highest BCUT2D eigenvalue weighted by Crippen LogP contribution is 2.42. The maximum atomic E-state index is 14.0. The van der Waals surface area contributed by atoms with Crippen LogP contribution in [-0.4, -0.2) is 55.1 Å². The monoisotopic (exact) mass is 457 g/mol. The molecule has 9 nitrogen and oxygen atoms in total. The Balaban J connectivity index is 2.34. The van der Waals surface area contributed by atoms with Gasteiger partial charge in [-0.15, -0.1) is 0 Å². The number of methoxy groups -OCH3 is 3. The number of ether oxygens (including phenoxy) is 3. The van der Waals surface area contributed by atoms with Crippen molar-refractivity contribution in [3.05, 3.63) is 48.3 Å². The van der Waals surface area contributed by atoms with Crippen molar-refractivity contribution in [1.29, 1.82) is 0 Å². The van der Waals surface area contributed by atoms with E-state index in [9.17, 15) is 27.6 Å². The average molecular weight is 457 g/mol. The topological polar surface area (TPSA) is 109 Å². The van der Waals surface area contributed by atoms with E-state index < -0.39 is 41.2 Å². The van der Waals surface area contributed by atoms with E-state index in [-0.39, 0.29) is 18.5 Å². The molecule has 12 heteroatoms. The fraction of sp³-hybridized carbons (Fsp3) is 0.400. The molecule has 0 aliphatic rings. The Morgan fingerprint density at radius 3 is 2.06 bits per heavy atom. The maximum Gasteiger partial charge on any atom is 0.430 e. The van der Waals surface area contributed by atoms with Crippen LogP contribution in [0.2, 0.25) is 0 Å². The van der Waals surface area contributed by atoms with Gasteiger partial charge >= 0.3 is 18.1 Å². The molecule has 1 aromatic heterocycles. The minimum absolute atomic E-state index is 0.101. The summed E-state index contributed by atoms with van der Waals surface area (Å²) in [6.07, 6.45) is -3.32. The minimum atomic E-state index is -5.08. The minimum Gasteiger partial charge on any atom is -0.469 e. The van der Waals surface area contributed by atoms with E-state index in [0.29, 0.717) is 0 Å². The van der Waals surface area contributed by atoms with Crippen LogP contribution in [-0.2, 0) is 34.2 Å². The van der Waals surface area contributed by atoms with Crippen molar-refractivity contribution in [2.45, 2.75) is 30.7 Å². The second kappa shape index (κ2) is 10.3. The molecule has 1 atom stereocenters. The van der Waals surface area contributed by atoms with Gasteiger partial charge in [0.2, 0.25) is 0 Å². The molecule has 1 aromatic carbocycles. The van der Waals surface area contributed by atoms with Gasteiger partial charge in [-0.25, -0.2) is 0 Å². The molecule has 0 aliphatic carbocycles. The van der Waals surface area contributed by atoms with Crippen LogP contribution in [0.4, 0.5) is 18.9 Å². The van der Waals surface area contributed by atoms with Crippen LogP contribution in [0.1, 0.15) is 24.4 Å². The Labute approximate surface area is 181 Å². The number of hydrogen-bond donors (Lipinski definition) is 1. The lowest BCUT2D eigenvalue weighted by atomic mass is 9.91. The Morgan fingerprint density at radius 2 is 1.59 bits per heavy atom. The number of alkyl halides is 3. The van der Waals surface area contributed by atoms with Gasteiger partial charge in [-0.1, -0.05) is 30.3 Å². The zero-order chi connectivity index (χ0) is 23.9. The van der Waals surface area contributed by atoms with Crippen molar-refractivity contribution in [3.8, 4) is 0 Å². The molecule has 0 saturated carbocycles. The molecule has 1 heterocycles. The fourth-order valence-corrected chi connectivity index (χ4v) is 3.05. The molecule has 0 saturated heterocycles. The first-order chi connectivity index (χ1) is 15.1. The molecule has 1 unspecified atom stereocenters. The number of benzene rings is 1. The van der Waals surface area contributed by atoms with Crippen LogP contribution in [0.3, 0.4) is 0 Å². The molecule has 174 valence electrons. The van der Waals surface area contributed by atoms with Gasteiger partial charge in [0.05, 0.1) is 45.0 Å². The molecule has 32 heavy (non-hydrogen) atoms. The van der Waals surface area contributed by atoms with E-state index in [4.69, 9.17) is 4.74 Å². The molecule has 1 N–H and O–H groups in total. The van der Waals surface area contributed by atoms with Gasteiger partial charge in [-0.2, -0.15) is 18.3 Å². The van der Waals surface area contributed by atoms with Crippen molar-refractivity contribution in [2.24, 2.45) is 0 Å². The lowest BCUT2D eigenvalue weighted by Gasteiger charge is -2.33. The van der Waals surface area contributed by atoms with Gasteiger partial charge in [-0.05, 0) is 0 Å². The van der Waals surface area contributed by atoms with Crippen molar-refractivity contribution in [1.82, 2.24) is 9.78 Å². The molecule has 1 amide bonds. The summed E-state index contributed by atoms with van der Waals surface area (Å²) in [5.41, 5.74) is -3.78. The van der Waals surface area contributed by atoms with Crippen LogP contribution in [0.15, 0.2) is 42.7 Å². The molecular weight excluding hydrogens is 435 g/mol. The number of rotatable bonds is 9. The third-order valence-electron chi connectivity index (χ3n) is 4.70. The van der Waals surface area contributed by atoms with Gasteiger partial charge in [-0.3, -0.25) is 19.1 Å². The van der Waals surface area contributed by atoms with Crippen molar-refractivity contribution < 1.29 is 41.8 Å². The van der Waals surface area contributed by atoms with Crippen molar-refractivity contribution in [3.63, 3.8) is 0 Å². The lowest BCUT2D eigenvalue weighted by Crippen LogP contribution is -2.53.